The maximum atomic E-state index is 13.1. The van der Waals surface area contributed by atoms with Gasteiger partial charge in [0, 0.05) is 23.2 Å². The van der Waals surface area contributed by atoms with Crippen LogP contribution in [-0.4, -0.2) is 32.1 Å². The highest BCUT2D eigenvalue weighted by atomic mass is 35.5. The van der Waals surface area contributed by atoms with Crippen molar-refractivity contribution < 1.29 is 18.3 Å². The second kappa shape index (κ2) is 7.98. The normalized spacial score (nSPS) is 14.8. The van der Waals surface area contributed by atoms with Gasteiger partial charge in [0.25, 0.3) is 10.0 Å². The minimum atomic E-state index is -3.94. The molecule has 1 aliphatic rings. The SMILES string of the molecule is Cc1ccc(NS(=O)(=O)c2cc3c(cc2N[C@H](C)CO)NC(=O)CC3)cc1Cl. The molecule has 4 N–H and O–H groups in total. The van der Waals surface area contributed by atoms with Gasteiger partial charge >= 0.3 is 0 Å². The van der Waals surface area contributed by atoms with E-state index in [9.17, 15) is 18.3 Å². The molecule has 0 saturated heterocycles. The number of aliphatic hydroxyl groups excluding tert-OH is 1. The lowest BCUT2D eigenvalue weighted by molar-refractivity contribution is -0.116. The van der Waals surface area contributed by atoms with Crippen LogP contribution in [0.3, 0.4) is 0 Å². The first kappa shape index (κ1) is 20.4. The number of aryl methyl sites for hydroxylation is 2. The van der Waals surface area contributed by atoms with E-state index < -0.39 is 10.0 Å². The lowest BCUT2D eigenvalue weighted by atomic mass is 10.0. The lowest BCUT2D eigenvalue weighted by Gasteiger charge is -2.23. The number of amides is 1. The minimum absolute atomic E-state index is 0.0411. The molecule has 0 aromatic heterocycles. The summed E-state index contributed by atoms with van der Waals surface area (Å²) >= 11 is 6.10. The van der Waals surface area contributed by atoms with Crippen LogP contribution in [0.1, 0.15) is 24.5 Å². The van der Waals surface area contributed by atoms with Gasteiger partial charge in [-0.2, -0.15) is 0 Å². The Bertz CT molecular complexity index is 1020. The molecule has 1 atom stereocenters. The van der Waals surface area contributed by atoms with Crippen LogP contribution in [0.25, 0.3) is 0 Å². The van der Waals surface area contributed by atoms with E-state index in [1.165, 1.54) is 0 Å². The van der Waals surface area contributed by atoms with Gasteiger partial charge in [-0.05, 0) is 55.7 Å². The van der Waals surface area contributed by atoms with E-state index in [0.717, 1.165) is 11.1 Å². The average molecular weight is 424 g/mol. The highest BCUT2D eigenvalue weighted by Gasteiger charge is 2.25. The van der Waals surface area contributed by atoms with Crippen LogP contribution in [0.4, 0.5) is 17.1 Å². The summed E-state index contributed by atoms with van der Waals surface area (Å²) in [6.07, 6.45) is 0.753. The number of aliphatic hydroxyl groups is 1. The van der Waals surface area contributed by atoms with Gasteiger partial charge < -0.3 is 15.7 Å². The Morgan fingerprint density at radius 3 is 2.68 bits per heavy atom. The fourth-order valence-electron chi connectivity index (χ4n) is 2.92. The zero-order valence-electron chi connectivity index (χ0n) is 15.5. The maximum absolute atomic E-state index is 13.1. The zero-order valence-corrected chi connectivity index (χ0v) is 17.1. The van der Waals surface area contributed by atoms with Crippen molar-refractivity contribution in [2.75, 3.05) is 22.0 Å². The van der Waals surface area contributed by atoms with Crippen LogP contribution in [0.15, 0.2) is 35.2 Å². The van der Waals surface area contributed by atoms with Crippen molar-refractivity contribution in [3.05, 3.63) is 46.5 Å². The van der Waals surface area contributed by atoms with Gasteiger partial charge in [-0.1, -0.05) is 17.7 Å². The highest BCUT2D eigenvalue weighted by molar-refractivity contribution is 7.92. The third kappa shape index (κ3) is 4.40. The van der Waals surface area contributed by atoms with E-state index in [1.807, 2.05) is 6.92 Å². The van der Waals surface area contributed by atoms with Crippen LogP contribution in [-0.2, 0) is 21.2 Å². The maximum Gasteiger partial charge on any atom is 0.263 e. The summed E-state index contributed by atoms with van der Waals surface area (Å²) in [7, 11) is -3.94. The fraction of sp³-hybridized carbons (Fsp3) is 0.316. The molecule has 2 aromatic carbocycles. The van der Waals surface area contributed by atoms with Crippen molar-refractivity contribution in [2.24, 2.45) is 0 Å². The van der Waals surface area contributed by atoms with Crippen molar-refractivity contribution in [3.8, 4) is 0 Å². The van der Waals surface area contributed by atoms with E-state index in [-0.39, 0.29) is 23.5 Å². The molecule has 0 aliphatic carbocycles. The summed E-state index contributed by atoms with van der Waals surface area (Å²) in [6.45, 7) is 3.38. The second-order valence-electron chi connectivity index (χ2n) is 6.85. The zero-order chi connectivity index (χ0) is 20.5. The molecule has 28 heavy (non-hydrogen) atoms. The number of sulfonamides is 1. The molecule has 0 saturated carbocycles. The molecule has 7 nitrogen and oxygen atoms in total. The molecular weight excluding hydrogens is 402 g/mol. The average Bonchev–Trinajstić information content (AvgIpc) is 2.63. The predicted molar refractivity (Wildman–Crippen MR) is 111 cm³/mol. The molecule has 1 heterocycles. The molecular formula is C19H22ClN3O4S. The van der Waals surface area contributed by atoms with Gasteiger partial charge in [-0.15, -0.1) is 0 Å². The van der Waals surface area contributed by atoms with Crippen LogP contribution in [0, 0.1) is 6.92 Å². The number of rotatable bonds is 6. The summed E-state index contributed by atoms with van der Waals surface area (Å²) in [4.78, 5) is 11.7. The highest BCUT2D eigenvalue weighted by Crippen LogP contribution is 2.34. The Hall–Kier alpha value is -2.29. The quantitative estimate of drug-likeness (QED) is 0.571. The van der Waals surface area contributed by atoms with E-state index >= 15 is 0 Å². The molecule has 2 aromatic rings. The van der Waals surface area contributed by atoms with E-state index in [4.69, 9.17) is 11.6 Å². The number of halogens is 1. The fourth-order valence-corrected chi connectivity index (χ4v) is 4.35. The smallest absolute Gasteiger partial charge is 0.263 e. The molecule has 0 radical (unpaired) electrons. The van der Waals surface area contributed by atoms with Crippen molar-refractivity contribution in [3.63, 3.8) is 0 Å². The summed E-state index contributed by atoms with van der Waals surface area (Å²) in [5.74, 6) is -0.114. The number of nitrogens with one attached hydrogen (secondary N) is 3. The van der Waals surface area contributed by atoms with Crippen molar-refractivity contribution in [1.29, 1.82) is 0 Å². The van der Waals surface area contributed by atoms with Crippen LogP contribution >= 0.6 is 11.6 Å². The number of carbonyl (C=O) groups excluding carboxylic acids is 1. The summed E-state index contributed by atoms with van der Waals surface area (Å²) < 4.78 is 28.7. The van der Waals surface area contributed by atoms with Crippen LogP contribution in [0.5, 0.6) is 0 Å². The van der Waals surface area contributed by atoms with E-state index in [0.29, 0.717) is 34.9 Å². The van der Waals surface area contributed by atoms with Gasteiger partial charge in [0.1, 0.15) is 4.90 Å². The number of hydrogen-bond acceptors (Lipinski definition) is 5. The molecule has 9 heteroatoms. The Labute approximate surface area is 169 Å². The molecule has 1 amide bonds. The molecule has 150 valence electrons. The molecule has 0 spiro atoms. The topological polar surface area (TPSA) is 108 Å². The lowest BCUT2D eigenvalue weighted by Crippen LogP contribution is -2.25. The Morgan fingerprint density at radius 2 is 2.00 bits per heavy atom. The second-order valence-corrected chi connectivity index (χ2v) is 8.91. The summed E-state index contributed by atoms with van der Waals surface area (Å²) in [5.41, 5.74) is 2.80. The summed E-state index contributed by atoms with van der Waals surface area (Å²) in [6, 6.07) is 7.70. The number of fused-ring (bicyclic) bond motifs is 1. The Morgan fingerprint density at radius 1 is 1.25 bits per heavy atom. The van der Waals surface area contributed by atoms with Gasteiger partial charge in [0.15, 0.2) is 0 Å². The molecule has 0 bridgehead atoms. The standard InChI is InChI=1S/C19H22ClN3O4S/c1-11-3-5-14(8-15(11)20)23-28(26,27)18-7-13-4-6-19(25)22-16(13)9-17(18)21-12(2)10-24/h3,5,7-9,12,21,23-24H,4,6,10H2,1-2H3,(H,22,25)/t12-/m1/s1. The predicted octanol–water partition coefficient (Wildman–Crippen LogP) is 3.13. The van der Waals surface area contributed by atoms with Gasteiger partial charge in [0.2, 0.25) is 5.91 Å². The number of benzene rings is 2. The third-order valence-corrected chi connectivity index (χ3v) is 6.32. The van der Waals surface area contributed by atoms with Crippen molar-refractivity contribution >= 4 is 44.6 Å². The molecule has 0 unspecified atom stereocenters. The van der Waals surface area contributed by atoms with Crippen LogP contribution < -0.4 is 15.4 Å². The van der Waals surface area contributed by atoms with Gasteiger partial charge in [-0.3, -0.25) is 9.52 Å². The van der Waals surface area contributed by atoms with E-state index in [1.54, 1.807) is 37.3 Å². The van der Waals surface area contributed by atoms with Crippen LogP contribution in [0.2, 0.25) is 5.02 Å². The van der Waals surface area contributed by atoms with Gasteiger partial charge in [-0.25, -0.2) is 8.42 Å². The first-order chi connectivity index (χ1) is 13.2. The molecule has 1 aliphatic heterocycles. The van der Waals surface area contributed by atoms with E-state index in [2.05, 4.69) is 15.4 Å². The first-order valence-corrected chi connectivity index (χ1v) is 10.7. The van der Waals surface area contributed by atoms with Gasteiger partial charge in [0.05, 0.1) is 18.0 Å². The monoisotopic (exact) mass is 423 g/mol. The van der Waals surface area contributed by atoms with Crippen molar-refractivity contribution in [2.45, 2.75) is 37.6 Å². The minimum Gasteiger partial charge on any atom is -0.394 e. The molecule has 3 rings (SSSR count). The largest absolute Gasteiger partial charge is 0.394 e. The first-order valence-electron chi connectivity index (χ1n) is 8.83. The molecule has 0 fully saturated rings. The number of carbonyl (C=O) groups is 1. The summed E-state index contributed by atoms with van der Waals surface area (Å²) in [5, 5.41) is 15.6. The number of anilines is 3. The Balaban J connectivity index is 2.04. The third-order valence-electron chi connectivity index (χ3n) is 4.49. The van der Waals surface area contributed by atoms with Crippen molar-refractivity contribution in [1.82, 2.24) is 0 Å². The number of hydrogen-bond donors (Lipinski definition) is 4. The Kier molecular flexibility index (Phi) is 5.83.